The van der Waals surface area contributed by atoms with Crippen molar-refractivity contribution in [3.8, 4) is 5.75 Å². The Morgan fingerprint density at radius 1 is 1.33 bits per heavy atom. The van der Waals surface area contributed by atoms with Gasteiger partial charge in [0, 0.05) is 65.2 Å². The van der Waals surface area contributed by atoms with Gasteiger partial charge in [0.05, 0.1) is 0 Å². The van der Waals surface area contributed by atoms with Crippen LogP contribution in [0.2, 0.25) is 0 Å². The van der Waals surface area contributed by atoms with Crippen molar-refractivity contribution in [2.75, 3.05) is 40.3 Å². The molecule has 0 aliphatic carbocycles. The lowest BCUT2D eigenvalue weighted by Crippen LogP contribution is -2.49. The van der Waals surface area contributed by atoms with E-state index in [1.807, 2.05) is 19.2 Å². The highest BCUT2D eigenvalue weighted by molar-refractivity contribution is 5.78. The lowest BCUT2D eigenvalue weighted by Gasteiger charge is -2.33. The Balaban J connectivity index is 1.39. The molecule has 0 saturated carbocycles. The van der Waals surface area contributed by atoms with Gasteiger partial charge in [-0.25, -0.2) is 4.79 Å². The van der Waals surface area contributed by atoms with Gasteiger partial charge < -0.3 is 20.2 Å². The van der Waals surface area contributed by atoms with Gasteiger partial charge in [-0.1, -0.05) is 12.1 Å². The van der Waals surface area contributed by atoms with E-state index in [0.29, 0.717) is 18.7 Å². The first-order valence-electron chi connectivity index (χ1n) is 9.66. The van der Waals surface area contributed by atoms with Crippen molar-refractivity contribution in [3.63, 3.8) is 0 Å². The zero-order valence-corrected chi connectivity index (χ0v) is 16.2. The number of nitrogens with one attached hydrogen (secondary N) is 1. The third-order valence-corrected chi connectivity index (χ3v) is 5.53. The normalized spacial score (nSPS) is 21.5. The van der Waals surface area contributed by atoms with E-state index < -0.39 is 0 Å². The molecule has 1 aromatic carbocycles. The second-order valence-corrected chi connectivity index (χ2v) is 7.89. The van der Waals surface area contributed by atoms with Gasteiger partial charge in [-0.15, -0.1) is 0 Å². The molecular formula is C20H30N4O3. The maximum Gasteiger partial charge on any atom is 0.317 e. The molecule has 7 nitrogen and oxygen atoms in total. The summed E-state index contributed by atoms with van der Waals surface area (Å²) in [7, 11) is 3.61. The van der Waals surface area contributed by atoms with Gasteiger partial charge in [-0.2, -0.15) is 0 Å². The van der Waals surface area contributed by atoms with Gasteiger partial charge in [0.2, 0.25) is 5.91 Å². The Morgan fingerprint density at radius 3 is 2.70 bits per heavy atom. The topological polar surface area (TPSA) is 76.1 Å². The van der Waals surface area contributed by atoms with Crippen LogP contribution in [0.25, 0.3) is 0 Å². The molecular weight excluding hydrogens is 344 g/mol. The molecule has 27 heavy (non-hydrogen) atoms. The lowest BCUT2D eigenvalue weighted by molar-refractivity contribution is -0.126. The fourth-order valence-electron chi connectivity index (χ4n) is 3.98. The number of aromatic hydroxyl groups is 1. The Labute approximate surface area is 160 Å². The van der Waals surface area contributed by atoms with Gasteiger partial charge in [-0.3, -0.25) is 9.69 Å². The van der Waals surface area contributed by atoms with E-state index in [1.54, 1.807) is 29.0 Å². The number of nitrogens with zero attached hydrogens (tertiary/aromatic N) is 3. The van der Waals surface area contributed by atoms with Crippen molar-refractivity contribution in [3.05, 3.63) is 29.8 Å². The van der Waals surface area contributed by atoms with Crippen LogP contribution in [-0.4, -0.2) is 78.1 Å². The minimum Gasteiger partial charge on any atom is -0.508 e. The number of piperidine rings is 1. The van der Waals surface area contributed by atoms with E-state index in [4.69, 9.17) is 0 Å². The molecule has 2 fully saturated rings. The molecule has 148 valence electrons. The van der Waals surface area contributed by atoms with Gasteiger partial charge >= 0.3 is 6.03 Å². The van der Waals surface area contributed by atoms with Crippen LogP contribution < -0.4 is 5.32 Å². The van der Waals surface area contributed by atoms with Crippen molar-refractivity contribution in [1.29, 1.82) is 0 Å². The number of hydrogen-bond acceptors (Lipinski definition) is 4. The number of amides is 3. The van der Waals surface area contributed by atoms with Crippen LogP contribution in [-0.2, 0) is 11.3 Å². The van der Waals surface area contributed by atoms with E-state index in [0.717, 1.165) is 44.6 Å². The van der Waals surface area contributed by atoms with Crippen molar-refractivity contribution < 1.29 is 14.7 Å². The monoisotopic (exact) mass is 374 g/mol. The highest BCUT2D eigenvalue weighted by atomic mass is 16.3. The van der Waals surface area contributed by atoms with Crippen LogP contribution in [0.3, 0.4) is 0 Å². The number of benzene rings is 1. The average molecular weight is 374 g/mol. The van der Waals surface area contributed by atoms with Crippen LogP contribution in [0.4, 0.5) is 4.79 Å². The predicted octanol–water partition coefficient (Wildman–Crippen LogP) is 1.48. The first-order valence-corrected chi connectivity index (χ1v) is 9.66. The Kier molecular flexibility index (Phi) is 6.21. The molecule has 3 rings (SSSR count). The van der Waals surface area contributed by atoms with E-state index in [2.05, 4.69) is 10.2 Å². The van der Waals surface area contributed by atoms with Crippen LogP contribution in [0.1, 0.15) is 24.8 Å². The number of urea groups is 1. The second-order valence-electron chi connectivity index (χ2n) is 7.89. The highest BCUT2D eigenvalue weighted by Gasteiger charge is 2.29. The Morgan fingerprint density at radius 2 is 2.07 bits per heavy atom. The van der Waals surface area contributed by atoms with Crippen LogP contribution >= 0.6 is 0 Å². The number of carbonyl (C=O) groups excluding carboxylic acids is 2. The standard InChI is InChI=1S/C20H30N4O3/c1-22-12-16(11-19(22)26)13-23(2)20(27)21-17-6-8-24(9-7-17)14-15-4-3-5-18(25)10-15/h3-5,10,16-17,25H,6-9,11-14H2,1-2H3,(H,21,27)/t16-/m0/s1. The van der Waals surface area contributed by atoms with Gasteiger partial charge in [0.15, 0.2) is 0 Å². The number of phenolic OH excluding ortho intramolecular Hbond substituents is 1. The first-order chi connectivity index (χ1) is 12.9. The zero-order valence-electron chi connectivity index (χ0n) is 16.2. The minimum atomic E-state index is -0.0524. The molecule has 2 saturated heterocycles. The van der Waals surface area contributed by atoms with Gasteiger partial charge in [-0.05, 0) is 30.5 Å². The smallest absolute Gasteiger partial charge is 0.317 e. The third-order valence-electron chi connectivity index (χ3n) is 5.53. The number of hydrogen-bond donors (Lipinski definition) is 2. The molecule has 1 atom stereocenters. The Hall–Kier alpha value is -2.28. The largest absolute Gasteiger partial charge is 0.508 e. The molecule has 2 aliphatic rings. The maximum absolute atomic E-state index is 12.4. The first kappa shape index (κ1) is 19.5. The predicted molar refractivity (Wildman–Crippen MR) is 103 cm³/mol. The molecule has 2 N–H and O–H groups in total. The minimum absolute atomic E-state index is 0.0524. The number of phenols is 1. The van der Waals surface area contributed by atoms with E-state index in [-0.39, 0.29) is 23.9 Å². The summed E-state index contributed by atoms with van der Waals surface area (Å²) in [5, 5.41) is 12.7. The SMILES string of the molecule is CN1C[C@@H](CN(C)C(=O)NC2CCN(Cc3cccc(O)c3)CC2)CC1=O. The molecule has 2 aliphatic heterocycles. The number of likely N-dealkylation sites (tertiary alicyclic amines) is 2. The molecule has 0 spiro atoms. The van der Waals surface area contributed by atoms with Crippen LogP contribution in [0, 0.1) is 5.92 Å². The van der Waals surface area contributed by atoms with Crippen molar-refractivity contribution in [1.82, 2.24) is 20.0 Å². The lowest BCUT2D eigenvalue weighted by atomic mass is 10.0. The summed E-state index contributed by atoms with van der Waals surface area (Å²) in [5.74, 6) is 0.683. The van der Waals surface area contributed by atoms with Crippen molar-refractivity contribution in [2.45, 2.75) is 31.8 Å². The molecule has 0 unspecified atom stereocenters. The second kappa shape index (κ2) is 8.61. The van der Waals surface area contributed by atoms with Crippen LogP contribution in [0.5, 0.6) is 5.75 Å². The third kappa shape index (κ3) is 5.35. The molecule has 0 bridgehead atoms. The molecule has 0 radical (unpaired) electrons. The summed E-state index contributed by atoms with van der Waals surface area (Å²) in [6, 6.07) is 7.50. The van der Waals surface area contributed by atoms with E-state index >= 15 is 0 Å². The van der Waals surface area contributed by atoms with Crippen molar-refractivity contribution in [2.24, 2.45) is 5.92 Å². The highest BCUT2D eigenvalue weighted by Crippen LogP contribution is 2.18. The molecule has 0 aromatic heterocycles. The molecule has 7 heteroatoms. The van der Waals surface area contributed by atoms with E-state index in [1.165, 1.54) is 0 Å². The van der Waals surface area contributed by atoms with Crippen molar-refractivity contribution >= 4 is 11.9 Å². The molecule has 2 heterocycles. The van der Waals surface area contributed by atoms with Crippen LogP contribution in [0.15, 0.2) is 24.3 Å². The zero-order chi connectivity index (χ0) is 19.4. The summed E-state index contributed by atoms with van der Waals surface area (Å²) in [5.41, 5.74) is 1.10. The number of rotatable bonds is 5. The summed E-state index contributed by atoms with van der Waals surface area (Å²) in [4.78, 5) is 29.9. The summed E-state index contributed by atoms with van der Waals surface area (Å²) < 4.78 is 0. The van der Waals surface area contributed by atoms with Gasteiger partial charge in [0.1, 0.15) is 5.75 Å². The summed E-state index contributed by atoms with van der Waals surface area (Å²) in [6.45, 7) is 4.00. The molecule has 1 aromatic rings. The fourth-order valence-corrected chi connectivity index (χ4v) is 3.98. The quantitative estimate of drug-likeness (QED) is 0.819. The molecule has 3 amide bonds. The summed E-state index contributed by atoms with van der Waals surface area (Å²) >= 11 is 0. The Bertz CT molecular complexity index is 673. The fraction of sp³-hybridized carbons (Fsp3) is 0.600. The average Bonchev–Trinajstić information content (AvgIpc) is 2.94. The summed E-state index contributed by atoms with van der Waals surface area (Å²) in [6.07, 6.45) is 2.37. The van der Waals surface area contributed by atoms with Gasteiger partial charge in [0.25, 0.3) is 0 Å². The van der Waals surface area contributed by atoms with E-state index in [9.17, 15) is 14.7 Å². The number of carbonyl (C=O) groups is 2. The maximum atomic E-state index is 12.4.